The fraction of sp³-hybridized carbons (Fsp3) is 0.667. The average molecular weight is 344 g/mol. The van der Waals surface area contributed by atoms with Crippen LogP contribution in [0.5, 0.6) is 0 Å². The lowest BCUT2D eigenvalue weighted by Gasteiger charge is -2.20. The molecule has 0 aromatic heterocycles. The van der Waals surface area contributed by atoms with Crippen molar-refractivity contribution in [2.24, 2.45) is 0 Å². The predicted octanol–water partition coefficient (Wildman–Crippen LogP) is -0.583. The molecule has 1 rings (SSSR count). The van der Waals surface area contributed by atoms with Crippen molar-refractivity contribution in [2.45, 2.75) is 19.4 Å². The second-order valence-corrected chi connectivity index (χ2v) is 5.19. The first kappa shape index (κ1) is 20.2. The molecule has 0 bridgehead atoms. The smallest absolute Gasteiger partial charge is 0.256 e. The Hall–Kier alpha value is -1.81. The summed E-state index contributed by atoms with van der Waals surface area (Å²) in [6.07, 6.45) is 1.27. The van der Waals surface area contributed by atoms with Crippen LogP contribution in [0.15, 0.2) is 11.6 Å². The second kappa shape index (κ2) is 10.9. The van der Waals surface area contributed by atoms with Crippen LogP contribution in [-0.4, -0.2) is 76.2 Å². The van der Waals surface area contributed by atoms with Crippen LogP contribution in [0.2, 0.25) is 0 Å². The van der Waals surface area contributed by atoms with Gasteiger partial charge in [-0.2, -0.15) is 0 Å². The van der Waals surface area contributed by atoms with E-state index >= 15 is 0 Å². The number of ether oxygens (including phenoxy) is 4. The molecule has 0 saturated carbocycles. The summed E-state index contributed by atoms with van der Waals surface area (Å²) >= 11 is 0. The Kier molecular flexibility index (Phi) is 9.16. The standard InChI is InChI=1S/C15H24N2O7/c1-11-6-14(19)17(15(11)20)5-4-13(18)16-12(7-23-9-21-2)8-24-10-22-3/h6,12H,4-5,7-10H2,1-3H3,(H,16,18). The molecule has 0 aliphatic carbocycles. The minimum Gasteiger partial charge on any atom is -0.359 e. The Labute approximate surface area is 140 Å². The lowest BCUT2D eigenvalue weighted by atomic mass is 10.3. The summed E-state index contributed by atoms with van der Waals surface area (Å²) in [5.41, 5.74) is 0.374. The molecule has 9 nitrogen and oxygen atoms in total. The van der Waals surface area contributed by atoms with E-state index in [9.17, 15) is 14.4 Å². The van der Waals surface area contributed by atoms with Gasteiger partial charge in [0.05, 0.1) is 19.3 Å². The number of hydrogen-bond acceptors (Lipinski definition) is 7. The van der Waals surface area contributed by atoms with Crippen LogP contribution in [0, 0.1) is 0 Å². The van der Waals surface area contributed by atoms with Gasteiger partial charge in [-0.3, -0.25) is 19.3 Å². The summed E-state index contributed by atoms with van der Waals surface area (Å²) in [7, 11) is 2.99. The molecule has 0 atom stereocenters. The van der Waals surface area contributed by atoms with Gasteiger partial charge >= 0.3 is 0 Å². The highest BCUT2D eigenvalue weighted by Gasteiger charge is 2.28. The molecule has 0 aromatic carbocycles. The lowest BCUT2D eigenvalue weighted by molar-refractivity contribution is -0.137. The molecule has 9 heteroatoms. The van der Waals surface area contributed by atoms with E-state index in [0.717, 1.165) is 4.90 Å². The van der Waals surface area contributed by atoms with Crippen LogP contribution in [0.3, 0.4) is 0 Å². The fourth-order valence-electron chi connectivity index (χ4n) is 2.04. The number of rotatable bonds is 12. The molecular weight excluding hydrogens is 320 g/mol. The van der Waals surface area contributed by atoms with Crippen LogP contribution in [0.25, 0.3) is 0 Å². The predicted molar refractivity (Wildman–Crippen MR) is 82.7 cm³/mol. The largest absolute Gasteiger partial charge is 0.359 e. The maximum atomic E-state index is 12.0. The number of amides is 3. The van der Waals surface area contributed by atoms with E-state index in [2.05, 4.69) is 5.32 Å². The summed E-state index contributed by atoms with van der Waals surface area (Å²) in [6, 6.07) is -0.396. The lowest BCUT2D eigenvalue weighted by Crippen LogP contribution is -2.43. The van der Waals surface area contributed by atoms with E-state index in [1.165, 1.54) is 20.3 Å². The van der Waals surface area contributed by atoms with Gasteiger partial charge in [-0.1, -0.05) is 0 Å². The second-order valence-electron chi connectivity index (χ2n) is 5.19. The maximum Gasteiger partial charge on any atom is 0.256 e. The molecule has 0 aromatic rings. The zero-order valence-corrected chi connectivity index (χ0v) is 14.2. The number of nitrogens with one attached hydrogen (secondary N) is 1. The highest BCUT2D eigenvalue weighted by Crippen LogP contribution is 2.11. The Bertz CT molecular complexity index is 468. The van der Waals surface area contributed by atoms with Gasteiger partial charge in [-0.15, -0.1) is 0 Å². The highest BCUT2D eigenvalue weighted by molar-refractivity contribution is 6.15. The number of methoxy groups -OCH3 is 2. The zero-order valence-electron chi connectivity index (χ0n) is 14.2. The van der Waals surface area contributed by atoms with Crippen molar-refractivity contribution in [1.82, 2.24) is 10.2 Å². The van der Waals surface area contributed by atoms with E-state index in [4.69, 9.17) is 18.9 Å². The van der Waals surface area contributed by atoms with Crippen LogP contribution in [0.4, 0.5) is 0 Å². The van der Waals surface area contributed by atoms with E-state index in [1.54, 1.807) is 6.92 Å². The highest BCUT2D eigenvalue weighted by atomic mass is 16.7. The van der Waals surface area contributed by atoms with Crippen molar-refractivity contribution < 1.29 is 33.3 Å². The zero-order chi connectivity index (χ0) is 17.9. The first-order chi connectivity index (χ1) is 11.5. The molecule has 24 heavy (non-hydrogen) atoms. The number of carbonyl (C=O) groups is 3. The van der Waals surface area contributed by atoms with Gasteiger partial charge in [0.1, 0.15) is 13.6 Å². The van der Waals surface area contributed by atoms with E-state index < -0.39 is 11.9 Å². The van der Waals surface area contributed by atoms with Crippen molar-refractivity contribution in [3.63, 3.8) is 0 Å². The number of hydrogen-bond donors (Lipinski definition) is 1. The minimum absolute atomic E-state index is 0.00363. The van der Waals surface area contributed by atoms with Gasteiger partial charge in [0.15, 0.2) is 0 Å². The summed E-state index contributed by atoms with van der Waals surface area (Å²) in [4.78, 5) is 36.4. The number of nitrogens with zero attached hydrogens (tertiary/aromatic N) is 1. The van der Waals surface area contributed by atoms with E-state index in [1.807, 2.05) is 0 Å². The first-order valence-corrected chi connectivity index (χ1v) is 7.46. The molecule has 1 aliphatic rings. The first-order valence-electron chi connectivity index (χ1n) is 7.46. The minimum atomic E-state index is -0.396. The van der Waals surface area contributed by atoms with Crippen molar-refractivity contribution in [3.05, 3.63) is 11.6 Å². The normalized spacial score (nSPS) is 14.5. The monoisotopic (exact) mass is 344 g/mol. The van der Waals surface area contributed by atoms with Gasteiger partial charge in [-0.05, 0) is 6.92 Å². The molecule has 0 spiro atoms. The Morgan fingerprint density at radius 3 is 2.21 bits per heavy atom. The molecule has 0 saturated heterocycles. The summed E-state index contributed by atoms with van der Waals surface area (Å²) < 4.78 is 20.0. The third-order valence-electron chi connectivity index (χ3n) is 3.16. The summed E-state index contributed by atoms with van der Waals surface area (Å²) in [6.45, 7) is 2.19. The molecule has 0 radical (unpaired) electrons. The van der Waals surface area contributed by atoms with Gasteiger partial charge in [0, 0.05) is 38.8 Å². The van der Waals surface area contributed by atoms with E-state index in [-0.39, 0.29) is 51.6 Å². The number of carbonyl (C=O) groups excluding carboxylic acids is 3. The summed E-state index contributed by atoms with van der Waals surface area (Å²) in [5, 5.41) is 2.73. The van der Waals surface area contributed by atoms with Crippen molar-refractivity contribution in [2.75, 3.05) is 47.6 Å². The molecule has 136 valence electrons. The summed E-state index contributed by atoms with van der Waals surface area (Å²) in [5.74, 6) is -1.07. The van der Waals surface area contributed by atoms with Crippen molar-refractivity contribution in [1.29, 1.82) is 0 Å². The van der Waals surface area contributed by atoms with Crippen LogP contribution in [-0.2, 0) is 33.3 Å². The number of imide groups is 1. The molecule has 1 aliphatic heterocycles. The molecule has 0 fully saturated rings. The van der Waals surface area contributed by atoms with Gasteiger partial charge in [-0.25, -0.2) is 0 Å². The molecule has 1 N–H and O–H groups in total. The Morgan fingerprint density at radius 1 is 1.17 bits per heavy atom. The van der Waals surface area contributed by atoms with Crippen molar-refractivity contribution in [3.8, 4) is 0 Å². The van der Waals surface area contributed by atoms with Crippen LogP contribution in [0.1, 0.15) is 13.3 Å². The average Bonchev–Trinajstić information content (AvgIpc) is 2.78. The quantitative estimate of drug-likeness (QED) is 0.287. The van der Waals surface area contributed by atoms with Crippen LogP contribution >= 0.6 is 0 Å². The van der Waals surface area contributed by atoms with Gasteiger partial charge < -0.3 is 24.3 Å². The topological polar surface area (TPSA) is 103 Å². The van der Waals surface area contributed by atoms with Crippen molar-refractivity contribution >= 4 is 17.7 Å². The Morgan fingerprint density at radius 2 is 1.75 bits per heavy atom. The van der Waals surface area contributed by atoms with Gasteiger partial charge in [0.2, 0.25) is 5.91 Å². The molecule has 3 amide bonds. The van der Waals surface area contributed by atoms with Gasteiger partial charge in [0.25, 0.3) is 11.8 Å². The SMILES string of the molecule is COCOCC(COCOC)NC(=O)CCN1C(=O)C=C(C)C1=O. The third kappa shape index (κ3) is 6.75. The van der Waals surface area contributed by atoms with E-state index in [0.29, 0.717) is 5.57 Å². The fourth-order valence-corrected chi connectivity index (χ4v) is 2.04. The maximum absolute atomic E-state index is 12.0. The molecular formula is C15H24N2O7. The van der Waals surface area contributed by atoms with Crippen LogP contribution < -0.4 is 5.32 Å². The molecule has 0 unspecified atom stereocenters. The third-order valence-corrected chi connectivity index (χ3v) is 3.16. The Balaban J connectivity index is 2.40. The molecule has 1 heterocycles.